The van der Waals surface area contributed by atoms with Crippen LogP contribution in [0.4, 0.5) is 4.39 Å². The fraction of sp³-hybridized carbons (Fsp3) is 0.290. The van der Waals surface area contributed by atoms with E-state index in [2.05, 4.69) is 4.98 Å². The molecule has 0 aliphatic carbocycles. The van der Waals surface area contributed by atoms with Crippen LogP contribution in [0.15, 0.2) is 59.1 Å². The molecule has 3 aromatic heterocycles. The molecule has 3 heterocycles. The summed E-state index contributed by atoms with van der Waals surface area (Å²) in [6, 6.07) is 14.0. The number of hydrogen-bond donors (Lipinski definition) is 0. The highest BCUT2D eigenvalue weighted by Gasteiger charge is 2.23. The first-order chi connectivity index (χ1) is 19.8. The third-order valence-electron chi connectivity index (χ3n) is 6.46. The molecule has 0 N–H and O–H groups in total. The summed E-state index contributed by atoms with van der Waals surface area (Å²) >= 11 is 0. The molecule has 2 aromatic carbocycles. The summed E-state index contributed by atoms with van der Waals surface area (Å²) < 4.78 is 88.6. The summed E-state index contributed by atoms with van der Waals surface area (Å²) in [6.45, 7) is 0.158. The van der Waals surface area contributed by atoms with Gasteiger partial charge in [0.15, 0.2) is 11.8 Å². The SMILES string of the molecule is [2H]C([2H])([2H])C([2H])(C)c1cc(-c2ccc(-c3c(C)ccc4c3oc3nc(C)ccc34)[n+](C)c2)cc(C([2H])(C)C([2H])([2H])[2H])c1F. The van der Waals surface area contributed by atoms with Gasteiger partial charge in [-0.3, -0.25) is 0 Å². The van der Waals surface area contributed by atoms with Gasteiger partial charge in [-0.15, -0.1) is 0 Å². The van der Waals surface area contributed by atoms with E-state index in [-0.39, 0.29) is 5.56 Å². The van der Waals surface area contributed by atoms with E-state index in [4.69, 9.17) is 15.4 Å². The molecule has 0 aliphatic rings. The molecule has 0 amide bonds. The summed E-state index contributed by atoms with van der Waals surface area (Å²) in [5, 5.41) is 1.81. The van der Waals surface area contributed by atoms with E-state index < -0.39 is 42.4 Å². The first-order valence-corrected chi connectivity index (χ1v) is 11.4. The maximum Gasteiger partial charge on any atom is 0.227 e. The number of pyridine rings is 2. The van der Waals surface area contributed by atoms with Gasteiger partial charge in [0.2, 0.25) is 11.4 Å². The van der Waals surface area contributed by atoms with Crippen molar-refractivity contribution in [1.82, 2.24) is 4.98 Å². The molecule has 0 saturated heterocycles. The number of rotatable bonds is 4. The normalized spacial score (nSPS) is 19.4. The van der Waals surface area contributed by atoms with Gasteiger partial charge in [-0.25, -0.2) is 13.9 Å². The number of hydrogen-bond acceptors (Lipinski definition) is 2. The number of aryl methyl sites for hydroxylation is 3. The number of fused-ring (bicyclic) bond motifs is 3. The van der Waals surface area contributed by atoms with Gasteiger partial charge >= 0.3 is 0 Å². The van der Waals surface area contributed by atoms with Gasteiger partial charge in [0.05, 0.1) is 5.56 Å². The van der Waals surface area contributed by atoms with Crippen molar-refractivity contribution < 1.29 is 24.3 Å². The van der Waals surface area contributed by atoms with Gasteiger partial charge in [-0.1, -0.05) is 39.7 Å². The number of furan rings is 1. The number of aromatic nitrogens is 2. The van der Waals surface area contributed by atoms with Crippen LogP contribution in [0, 0.1) is 19.7 Å². The molecule has 5 rings (SSSR count). The lowest BCUT2D eigenvalue weighted by molar-refractivity contribution is -0.659. The number of nitrogens with zero attached hydrogens (tertiary/aromatic N) is 2. The van der Waals surface area contributed by atoms with Crippen molar-refractivity contribution in [2.75, 3.05) is 0 Å². The van der Waals surface area contributed by atoms with E-state index >= 15 is 4.39 Å². The Morgan fingerprint density at radius 1 is 0.943 bits per heavy atom. The van der Waals surface area contributed by atoms with E-state index in [9.17, 15) is 0 Å². The van der Waals surface area contributed by atoms with Gasteiger partial charge in [0.1, 0.15) is 12.9 Å². The summed E-state index contributed by atoms with van der Waals surface area (Å²) in [7, 11) is 1.82. The highest BCUT2D eigenvalue weighted by Crippen LogP contribution is 2.37. The predicted molar refractivity (Wildman–Crippen MR) is 141 cm³/mol. The highest BCUT2D eigenvalue weighted by atomic mass is 19.1. The Kier molecular flexibility index (Phi) is 3.80. The molecule has 0 saturated carbocycles. The van der Waals surface area contributed by atoms with Crippen molar-refractivity contribution in [3.63, 3.8) is 0 Å². The smallest absolute Gasteiger partial charge is 0.227 e. The minimum Gasteiger partial charge on any atom is -0.437 e. The van der Waals surface area contributed by atoms with Crippen LogP contribution in [0.2, 0.25) is 0 Å². The van der Waals surface area contributed by atoms with Crippen molar-refractivity contribution in [1.29, 1.82) is 0 Å². The maximum absolute atomic E-state index is 15.9. The summed E-state index contributed by atoms with van der Waals surface area (Å²) in [5.41, 5.74) is 4.46. The monoisotopic (exact) mass is 475 g/mol. The molecule has 0 radical (unpaired) electrons. The fourth-order valence-corrected chi connectivity index (χ4v) is 4.60. The summed E-state index contributed by atoms with van der Waals surface area (Å²) in [5.74, 6) is -5.99. The van der Waals surface area contributed by atoms with E-state index in [1.807, 2.05) is 55.8 Å². The van der Waals surface area contributed by atoms with E-state index in [0.29, 0.717) is 16.9 Å². The lowest BCUT2D eigenvalue weighted by Crippen LogP contribution is -2.31. The van der Waals surface area contributed by atoms with Crippen molar-refractivity contribution >= 4 is 22.1 Å². The summed E-state index contributed by atoms with van der Waals surface area (Å²) in [4.78, 5) is 4.54. The molecule has 35 heavy (non-hydrogen) atoms. The second-order valence-corrected chi connectivity index (χ2v) is 9.09. The Balaban J connectivity index is 1.73. The largest absolute Gasteiger partial charge is 0.437 e. The number of halogens is 1. The quantitative estimate of drug-likeness (QED) is 0.246. The van der Waals surface area contributed by atoms with E-state index in [1.165, 1.54) is 12.1 Å². The van der Waals surface area contributed by atoms with Crippen molar-refractivity contribution in [3.8, 4) is 22.4 Å². The van der Waals surface area contributed by atoms with Crippen LogP contribution in [0.5, 0.6) is 0 Å². The van der Waals surface area contributed by atoms with Gasteiger partial charge in [0, 0.05) is 39.1 Å². The molecule has 178 valence electrons. The van der Waals surface area contributed by atoms with Gasteiger partial charge in [-0.05, 0) is 78.2 Å². The average molecular weight is 476 g/mol. The Labute approximate surface area is 217 Å². The maximum atomic E-state index is 15.9. The van der Waals surface area contributed by atoms with Gasteiger partial charge in [-0.2, -0.15) is 0 Å². The van der Waals surface area contributed by atoms with E-state index in [0.717, 1.165) is 47.1 Å². The second kappa shape index (κ2) is 8.60. The van der Waals surface area contributed by atoms with Crippen LogP contribution >= 0.6 is 0 Å². The van der Waals surface area contributed by atoms with Crippen LogP contribution in [0.25, 0.3) is 44.5 Å². The highest BCUT2D eigenvalue weighted by molar-refractivity contribution is 6.08. The Morgan fingerprint density at radius 2 is 1.63 bits per heavy atom. The van der Waals surface area contributed by atoms with Gasteiger partial charge < -0.3 is 4.42 Å². The van der Waals surface area contributed by atoms with Crippen molar-refractivity contribution in [3.05, 3.63) is 82.9 Å². The molecule has 2 unspecified atom stereocenters. The molecule has 2 atom stereocenters. The molecule has 5 aromatic rings. The molecular weight excluding hydrogens is 435 g/mol. The molecule has 4 heteroatoms. The standard InChI is InChI=1S/C31H32FN2O/c1-17(2)25-14-22(15-26(18(3)4)29(25)32)21-10-13-27(34(7)16-21)28-19(5)8-11-23-24-12-9-20(6)33-31(24)35-30(23)28/h8-18H,1-7H3/q+1/i1D3,3D3,17D,18D. The third kappa shape index (κ3) is 3.91. The van der Waals surface area contributed by atoms with Crippen LogP contribution < -0.4 is 4.57 Å². The Hall–Kier alpha value is -3.53. The Morgan fingerprint density at radius 3 is 2.29 bits per heavy atom. The fourth-order valence-electron chi connectivity index (χ4n) is 4.60. The second-order valence-electron chi connectivity index (χ2n) is 9.09. The molecule has 0 fully saturated rings. The van der Waals surface area contributed by atoms with Crippen LogP contribution in [0.3, 0.4) is 0 Å². The third-order valence-corrected chi connectivity index (χ3v) is 6.46. The van der Waals surface area contributed by atoms with Crippen LogP contribution in [-0.4, -0.2) is 4.98 Å². The van der Waals surface area contributed by atoms with Gasteiger partial charge in [0.25, 0.3) is 0 Å². The minimum atomic E-state index is -2.92. The molecule has 0 bridgehead atoms. The molecule has 0 aliphatic heterocycles. The average Bonchev–Trinajstić information content (AvgIpc) is 3.25. The lowest BCUT2D eigenvalue weighted by Gasteiger charge is -2.16. The zero-order valence-corrected chi connectivity index (χ0v) is 20.4. The Bertz CT molecular complexity index is 1860. The first-order valence-electron chi connectivity index (χ1n) is 15.4. The van der Waals surface area contributed by atoms with E-state index in [1.54, 1.807) is 12.3 Å². The van der Waals surface area contributed by atoms with Crippen molar-refractivity contribution in [2.45, 2.75) is 53.2 Å². The lowest BCUT2D eigenvalue weighted by atomic mass is 9.90. The zero-order valence-electron chi connectivity index (χ0n) is 28.4. The van der Waals surface area contributed by atoms with Crippen LogP contribution in [-0.2, 0) is 7.05 Å². The minimum absolute atomic E-state index is 0.289. The molecule has 0 spiro atoms. The zero-order chi connectivity index (χ0) is 31.9. The number of benzene rings is 2. The van der Waals surface area contributed by atoms with Crippen molar-refractivity contribution in [2.24, 2.45) is 7.05 Å². The van der Waals surface area contributed by atoms with Crippen LogP contribution in [0.1, 0.15) is 72.7 Å². The summed E-state index contributed by atoms with van der Waals surface area (Å²) in [6.07, 6.45) is 1.76. The molecular formula is C31H32FN2O+. The molecule has 3 nitrogen and oxygen atoms in total. The topological polar surface area (TPSA) is 29.9 Å². The predicted octanol–water partition coefficient (Wildman–Crippen LogP) is 8.14. The first kappa shape index (κ1) is 15.5.